The van der Waals surface area contributed by atoms with Gasteiger partial charge < -0.3 is 20.1 Å². The summed E-state index contributed by atoms with van der Waals surface area (Å²) in [6, 6.07) is 8.26. The number of thiophene rings is 1. The van der Waals surface area contributed by atoms with Gasteiger partial charge in [0.25, 0.3) is 5.91 Å². The number of ether oxygens (including phenoxy) is 2. The lowest BCUT2D eigenvalue weighted by atomic mass is 9.95. The number of amides is 1. The quantitative estimate of drug-likeness (QED) is 0.658. The molecule has 1 aromatic carbocycles. The molecule has 8 heteroatoms. The maximum atomic E-state index is 13.3. The number of anilines is 1. The average molecular weight is 451 g/mol. The van der Waals surface area contributed by atoms with E-state index in [1.54, 1.807) is 0 Å². The van der Waals surface area contributed by atoms with Crippen LogP contribution >= 0.6 is 11.3 Å². The molecule has 1 saturated heterocycles. The van der Waals surface area contributed by atoms with Crippen molar-refractivity contribution in [3.63, 3.8) is 0 Å². The lowest BCUT2D eigenvalue weighted by molar-refractivity contribution is 0.0634. The Morgan fingerprint density at radius 3 is 2.75 bits per heavy atom. The molecule has 2 aliphatic heterocycles. The molecular weight excluding hydrogens is 424 g/mol. The lowest BCUT2D eigenvalue weighted by Gasteiger charge is -2.34. The van der Waals surface area contributed by atoms with E-state index >= 15 is 0 Å². The zero-order valence-corrected chi connectivity index (χ0v) is 18.7. The second kappa shape index (κ2) is 7.94. The smallest absolute Gasteiger partial charge is 0.266 e. The van der Waals surface area contributed by atoms with Crippen LogP contribution in [0.3, 0.4) is 0 Å². The van der Waals surface area contributed by atoms with Gasteiger partial charge in [0.2, 0.25) is 6.79 Å². The number of piperazine rings is 1. The standard InChI is InChI=1S/C24H26N4O3S/c25-21-17-12-16-3-1-2-4-18(16)26-23(17)32-22(21)24(29)28-9-7-27(8-10-28)13-15-5-6-19-20(11-15)31-14-30-19/h5-6,11-12H,1-4,7-10,13-14,25H2. The minimum atomic E-state index is 0.0335. The van der Waals surface area contributed by atoms with Crippen LogP contribution in [0.25, 0.3) is 10.2 Å². The summed E-state index contributed by atoms with van der Waals surface area (Å²) in [4.78, 5) is 24.0. The number of fused-ring (bicyclic) bond motifs is 3. The Hall–Kier alpha value is -2.84. The van der Waals surface area contributed by atoms with E-state index in [4.69, 9.17) is 20.2 Å². The zero-order valence-electron chi connectivity index (χ0n) is 17.9. The molecule has 0 unspecified atom stereocenters. The van der Waals surface area contributed by atoms with Gasteiger partial charge in [-0.15, -0.1) is 11.3 Å². The van der Waals surface area contributed by atoms with Crippen molar-refractivity contribution in [2.45, 2.75) is 32.2 Å². The first-order chi connectivity index (χ1) is 15.7. The number of nitrogens with two attached hydrogens (primary N) is 1. The minimum absolute atomic E-state index is 0.0335. The number of hydrogen-bond donors (Lipinski definition) is 1. The molecule has 3 aromatic rings. The molecule has 4 heterocycles. The number of aromatic nitrogens is 1. The van der Waals surface area contributed by atoms with Crippen LogP contribution in [0.1, 0.15) is 39.3 Å². The number of carbonyl (C=O) groups is 1. The Morgan fingerprint density at radius 2 is 1.88 bits per heavy atom. The third kappa shape index (κ3) is 3.47. The van der Waals surface area contributed by atoms with Gasteiger partial charge >= 0.3 is 0 Å². The van der Waals surface area contributed by atoms with E-state index in [1.807, 2.05) is 17.0 Å². The molecule has 7 nitrogen and oxygen atoms in total. The van der Waals surface area contributed by atoms with E-state index in [-0.39, 0.29) is 5.91 Å². The summed E-state index contributed by atoms with van der Waals surface area (Å²) in [5, 5.41) is 0.945. The van der Waals surface area contributed by atoms with E-state index in [1.165, 1.54) is 41.0 Å². The number of nitrogen functional groups attached to an aromatic ring is 1. The van der Waals surface area contributed by atoms with Gasteiger partial charge in [0.1, 0.15) is 9.71 Å². The molecule has 32 heavy (non-hydrogen) atoms. The molecule has 0 radical (unpaired) electrons. The average Bonchev–Trinajstić information content (AvgIpc) is 3.41. The summed E-state index contributed by atoms with van der Waals surface area (Å²) in [6.45, 7) is 4.18. The summed E-state index contributed by atoms with van der Waals surface area (Å²) in [5.74, 6) is 1.65. The van der Waals surface area contributed by atoms with Gasteiger partial charge in [0, 0.05) is 43.8 Å². The Bertz CT molecular complexity index is 1200. The van der Waals surface area contributed by atoms with Crippen molar-refractivity contribution in [2.75, 3.05) is 38.7 Å². The molecule has 2 aromatic heterocycles. The Kier molecular flexibility index (Phi) is 4.91. The van der Waals surface area contributed by atoms with Crippen LogP contribution in [-0.2, 0) is 19.4 Å². The fourth-order valence-corrected chi connectivity index (χ4v) is 5.93. The highest BCUT2D eigenvalue weighted by atomic mass is 32.1. The van der Waals surface area contributed by atoms with Crippen LogP contribution in [0.15, 0.2) is 24.3 Å². The van der Waals surface area contributed by atoms with Gasteiger partial charge in [-0.1, -0.05) is 6.07 Å². The molecule has 1 fully saturated rings. The molecular formula is C24H26N4O3S. The van der Waals surface area contributed by atoms with Crippen molar-refractivity contribution in [1.82, 2.24) is 14.8 Å². The van der Waals surface area contributed by atoms with Crippen LogP contribution in [-0.4, -0.2) is 53.7 Å². The van der Waals surface area contributed by atoms with Gasteiger partial charge in [-0.2, -0.15) is 0 Å². The van der Waals surface area contributed by atoms with Crippen molar-refractivity contribution in [1.29, 1.82) is 0 Å². The number of carbonyl (C=O) groups excluding carboxylic acids is 1. The fraction of sp³-hybridized carbons (Fsp3) is 0.417. The molecule has 3 aliphatic rings. The highest BCUT2D eigenvalue weighted by Crippen LogP contribution is 2.36. The molecule has 2 N–H and O–H groups in total. The maximum Gasteiger partial charge on any atom is 0.266 e. The highest BCUT2D eigenvalue weighted by molar-refractivity contribution is 7.21. The molecule has 166 valence electrons. The first-order valence-corrected chi connectivity index (χ1v) is 12.1. The van der Waals surface area contributed by atoms with E-state index in [2.05, 4.69) is 17.0 Å². The summed E-state index contributed by atoms with van der Waals surface area (Å²) >= 11 is 1.45. The Balaban J connectivity index is 1.14. The number of hydrogen-bond acceptors (Lipinski definition) is 7. The molecule has 0 saturated carbocycles. The number of rotatable bonds is 3. The first kappa shape index (κ1) is 19.8. The van der Waals surface area contributed by atoms with Gasteiger partial charge in [0.05, 0.1) is 5.69 Å². The summed E-state index contributed by atoms with van der Waals surface area (Å²) < 4.78 is 10.9. The van der Waals surface area contributed by atoms with Crippen LogP contribution in [0.5, 0.6) is 11.5 Å². The Labute approximate surface area is 190 Å². The van der Waals surface area contributed by atoms with E-state index in [0.29, 0.717) is 30.4 Å². The topological polar surface area (TPSA) is 80.9 Å². The van der Waals surface area contributed by atoms with Gasteiger partial charge in [-0.25, -0.2) is 4.98 Å². The van der Waals surface area contributed by atoms with Crippen LogP contribution in [0.4, 0.5) is 5.69 Å². The van der Waals surface area contributed by atoms with Gasteiger partial charge in [0.15, 0.2) is 11.5 Å². The predicted octanol–water partition coefficient (Wildman–Crippen LogP) is 3.44. The molecule has 1 amide bonds. The zero-order chi connectivity index (χ0) is 21.7. The summed E-state index contributed by atoms with van der Waals surface area (Å²) in [6.07, 6.45) is 4.47. The van der Waals surface area contributed by atoms with E-state index in [9.17, 15) is 4.79 Å². The normalized spacial score (nSPS) is 18.2. The van der Waals surface area contributed by atoms with Crippen molar-refractivity contribution in [2.24, 2.45) is 0 Å². The third-order valence-electron chi connectivity index (χ3n) is 6.70. The maximum absolute atomic E-state index is 13.3. The van der Waals surface area contributed by atoms with Crippen LogP contribution in [0.2, 0.25) is 0 Å². The number of pyridine rings is 1. The second-order valence-corrected chi connectivity index (χ2v) is 9.75. The molecule has 0 bridgehead atoms. The third-order valence-corrected chi connectivity index (χ3v) is 7.80. The molecule has 0 spiro atoms. The van der Waals surface area contributed by atoms with Crippen LogP contribution < -0.4 is 15.2 Å². The first-order valence-electron chi connectivity index (χ1n) is 11.3. The van der Waals surface area contributed by atoms with Crippen LogP contribution in [0, 0.1) is 0 Å². The highest BCUT2D eigenvalue weighted by Gasteiger charge is 2.27. The lowest BCUT2D eigenvalue weighted by Crippen LogP contribution is -2.48. The number of nitrogens with zero attached hydrogens (tertiary/aromatic N) is 3. The molecule has 6 rings (SSSR count). The SMILES string of the molecule is Nc1c(C(=O)N2CCN(Cc3ccc4c(c3)OCO4)CC2)sc2nc3c(cc12)CCCC3. The van der Waals surface area contributed by atoms with Crippen molar-refractivity contribution in [3.8, 4) is 11.5 Å². The predicted molar refractivity (Wildman–Crippen MR) is 124 cm³/mol. The second-order valence-electron chi connectivity index (χ2n) is 8.75. The van der Waals surface area contributed by atoms with Crippen molar-refractivity contribution >= 4 is 33.1 Å². The minimum Gasteiger partial charge on any atom is -0.454 e. The number of aryl methyl sites for hydroxylation is 2. The molecule has 1 aliphatic carbocycles. The fourth-order valence-electron chi connectivity index (χ4n) is 4.87. The van der Waals surface area contributed by atoms with E-state index < -0.39 is 0 Å². The largest absolute Gasteiger partial charge is 0.454 e. The van der Waals surface area contributed by atoms with E-state index in [0.717, 1.165) is 54.2 Å². The monoisotopic (exact) mass is 450 g/mol. The number of benzene rings is 1. The van der Waals surface area contributed by atoms with Gasteiger partial charge in [-0.3, -0.25) is 9.69 Å². The summed E-state index contributed by atoms with van der Waals surface area (Å²) in [5.41, 5.74) is 10.7. The van der Waals surface area contributed by atoms with Crippen molar-refractivity contribution in [3.05, 3.63) is 46.0 Å². The Morgan fingerprint density at radius 1 is 1.06 bits per heavy atom. The summed E-state index contributed by atoms with van der Waals surface area (Å²) in [7, 11) is 0. The van der Waals surface area contributed by atoms with Gasteiger partial charge in [-0.05, 0) is 55.0 Å². The molecule has 0 atom stereocenters. The van der Waals surface area contributed by atoms with Crippen molar-refractivity contribution < 1.29 is 14.3 Å².